The molecule has 0 N–H and O–H groups in total. The van der Waals surface area contributed by atoms with Gasteiger partial charge in [-0.1, -0.05) is 56.2 Å². The molecule has 0 aliphatic heterocycles. The molecule has 26 heavy (non-hydrogen) atoms. The molecule has 0 aromatic heterocycles. The summed E-state index contributed by atoms with van der Waals surface area (Å²) < 4.78 is 10.4. The number of hydrogen-bond acceptors (Lipinski definition) is 4. The fourth-order valence-corrected chi connectivity index (χ4v) is 2.77. The summed E-state index contributed by atoms with van der Waals surface area (Å²) in [5, 5.41) is 0. The van der Waals surface area contributed by atoms with E-state index in [4.69, 9.17) is 9.47 Å². The van der Waals surface area contributed by atoms with Crippen LogP contribution < -0.4 is 0 Å². The summed E-state index contributed by atoms with van der Waals surface area (Å²) in [6, 6.07) is 0. The van der Waals surface area contributed by atoms with Gasteiger partial charge in [0, 0.05) is 14.0 Å². The molecular formula is C22H32O4. The normalized spacial score (nSPS) is 20.6. The molecule has 1 aliphatic rings. The van der Waals surface area contributed by atoms with Crippen molar-refractivity contribution in [2.75, 3.05) is 7.11 Å². The molecule has 0 saturated carbocycles. The van der Waals surface area contributed by atoms with E-state index in [-0.39, 0.29) is 12.2 Å². The lowest BCUT2D eigenvalue weighted by Crippen LogP contribution is -2.33. The molecule has 0 spiro atoms. The Morgan fingerprint density at radius 1 is 1.12 bits per heavy atom. The molecule has 0 heterocycles. The van der Waals surface area contributed by atoms with Crippen LogP contribution in [0, 0.1) is 0 Å². The second-order valence-electron chi connectivity index (χ2n) is 6.45. The summed E-state index contributed by atoms with van der Waals surface area (Å²) in [6.45, 7) is 3.52. The number of allylic oxidation sites excluding steroid dienone is 7. The van der Waals surface area contributed by atoms with Crippen LogP contribution >= 0.6 is 0 Å². The molecule has 1 unspecified atom stereocenters. The Kier molecular flexibility index (Phi) is 10.6. The maximum Gasteiger partial charge on any atom is 0.305 e. The number of methoxy groups -OCH3 is 1. The van der Waals surface area contributed by atoms with E-state index >= 15 is 0 Å². The van der Waals surface area contributed by atoms with Gasteiger partial charge in [-0.25, -0.2) is 0 Å². The highest BCUT2D eigenvalue weighted by molar-refractivity contribution is 5.99. The van der Waals surface area contributed by atoms with Gasteiger partial charge in [0.2, 0.25) is 5.79 Å². The number of hydrogen-bond donors (Lipinski definition) is 0. The molecule has 1 rings (SSSR count). The molecule has 4 heteroatoms. The average Bonchev–Trinajstić information content (AvgIpc) is 2.91. The smallest absolute Gasteiger partial charge is 0.305 e. The molecule has 0 radical (unpaired) electrons. The predicted molar refractivity (Wildman–Crippen MR) is 105 cm³/mol. The lowest BCUT2D eigenvalue weighted by molar-refractivity contribution is -0.197. The van der Waals surface area contributed by atoms with Gasteiger partial charge in [0.05, 0.1) is 6.42 Å². The van der Waals surface area contributed by atoms with Crippen molar-refractivity contribution in [2.24, 2.45) is 0 Å². The third-order valence-electron chi connectivity index (χ3n) is 4.17. The molecule has 1 atom stereocenters. The number of esters is 1. The van der Waals surface area contributed by atoms with Crippen molar-refractivity contribution in [3.63, 3.8) is 0 Å². The highest BCUT2D eigenvalue weighted by Gasteiger charge is 2.41. The van der Waals surface area contributed by atoms with Crippen LogP contribution in [0.1, 0.15) is 65.2 Å². The summed E-state index contributed by atoms with van der Waals surface area (Å²) in [6.07, 6.45) is 21.6. The summed E-state index contributed by atoms with van der Waals surface area (Å²) in [5.74, 6) is -1.68. The van der Waals surface area contributed by atoms with Crippen molar-refractivity contribution < 1.29 is 19.1 Å². The molecule has 0 amide bonds. The van der Waals surface area contributed by atoms with Gasteiger partial charge in [-0.2, -0.15) is 0 Å². The number of carbonyl (C=O) groups is 2. The largest absolute Gasteiger partial charge is 0.429 e. The fourth-order valence-electron chi connectivity index (χ4n) is 2.77. The highest BCUT2D eigenvalue weighted by Crippen LogP contribution is 2.32. The van der Waals surface area contributed by atoms with Crippen LogP contribution in [0.15, 0.2) is 48.1 Å². The van der Waals surface area contributed by atoms with E-state index in [1.165, 1.54) is 33.3 Å². The minimum atomic E-state index is -1.21. The molecule has 0 bridgehead atoms. The van der Waals surface area contributed by atoms with Crippen LogP contribution in [-0.2, 0) is 19.1 Å². The summed E-state index contributed by atoms with van der Waals surface area (Å²) >= 11 is 0. The van der Waals surface area contributed by atoms with E-state index in [2.05, 4.69) is 43.4 Å². The van der Waals surface area contributed by atoms with Gasteiger partial charge in [-0.15, -0.1) is 0 Å². The number of rotatable bonds is 12. The van der Waals surface area contributed by atoms with E-state index < -0.39 is 11.8 Å². The average molecular weight is 360 g/mol. The van der Waals surface area contributed by atoms with E-state index in [0.717, 1.165) is 19.3 Å². The van der Waals surface area contributed by atoms with Gasteiger partial charge >= 0.3 is 5.97 Å². The van der Waals surface area contributed by atoms with E-state index in [1.54, 1.807) is 6.08 Å². The van der Waals surface area contributed by atoms with Crippen molar-refractivity contribution in [2.45, 2.75) is 71.0 Å². The maximum absolute atomic E-state index is 12.1. The van der Waals surface area contributed by atoms with Crippen molar-refractivity contribution in [3.8, 4) is 0 Å². The van der Waals surface area contributed by atoms with Gasteiger partial charge in [-0.05, 0) is 43.8 Å². The second-order valence-corrected chi connectivity index (χ2v) is 6.45. The summed E-state index contributed by atoms with van der Waals surface area (Å²) in [5.41, 5.74) is 0.672. The first-order valence-electron chi connectivity index (χ1n) is 9.47. The Hall–Kier alpha value is -1.94. The first-order valence-corrected chi connectivity index (χ1v) is 9.47. The van der Waals surface area contributed by atoms with Crippen LogP contribution in [0.5, 0.6) is 0 Å². The number of unbranched alkanes of at least 4 members (excludes halogenated alkanes) is 2. The second kappa shape index (κ2) is 12.4. The Morgan fingerprint density at radius 2 is 1.73 bits per heavy atom. The van der Waals surface area contributed by atoms with E-state index in [0.29, 0.717) is 12.0 Å². The number of ketones is 1. The first-order chi connectivity index (χ1) is 12.5. The molecule has 0 saturated heterocycles. The first kappa shape index (κ1) is 22.1. The van der Waals surface area contributed by atoms with Gasteiger partial charge in [0.25, 0.3) is 0 Å². The molecular weight excluding hydrogens is 328 g/mol. The highest BCUT2D eigenvalue weighted by atomic mass is 16.7. The summed E-state index contributed by atoms with van der Waals surface area (Å²) in [4.78, 5) is 23.3. The van der Waals surface area contributed by atoms with Crippen molar-refractivity contribution >= 4 is 11.8 Å². The van der Waals surface area contributed by atoms with Crippen LogP contribution in [0.25, 0.3) is 0 Å². The van der Waals surface area contributed by atoms with E-state index in [9.17, 15) is 9.59 Å². The Bertz CT molecular complexity index is 569. The monoisotopic (exact) mass is 360 g/mol. The third-order valence-corrected chi connectivity index (χ3v) is 4.17. The Morgan fingerprint density at radius 3 is 2.31 bits per heavy atom. The lowest BCUT2D eigenvalue weighted by atomic mass is 10.1. The fraction of sp³-hybridized carbons (Fsp3) is 0.545. The lowest BCUT2D eigenvalue weighted by Gasteiger charge is -2.23. The molecule has 144 valence electrons. The third kappa shape index (κ3) is 8.43. The zero-order chi connectivity index (χ0) is 19.3. The zero-order valence-electron chi connectivity index (χ0n) is 16.3. The summed E-state index contributed by atoms with van der Waals surface area (Å²) in [7, 11) is 1.45. The zero-order valence-corrected chi connectivity index (χ0v) is 16.3. The predicted octanol–water partition coefficient (Wildman–Crippen LogP) is 5.21. The SMILES string of the molecule is CCCCC=CCC=CCC=CCCC1=CC(OC)(OC(C)=O)CC1=O. The van der Waals surface area contributed by atoms with Gasteiger partial charge in [-0.3, -0.25) is 9.59 Å². The van der Waals surface area contributed by atoms with Gasteiger partial charge in [0.15, 0.2) is 5.78 Å². The molecule has 4 nitrogen and oxygen atoms in total. The minimum Gasteiger partial charge on any atom is -0.429 e. The minimum absolute atomic E-state index is 0.0174. The molecule has 1 aliphatic carbocycles. The van der Waals surface area contributed by atoms with Crippen LogP contribution in [0.4, 0.5) is 0 Å². The van der Waals surface area contributed by atoms with Crippen molar-refractivity contribution in [3.05, 3.63) is 48.1 Å². The van der Waals surface area contributed by atoms with Gasteiger partial charge < -0.3 is 9.47 Å². The number of carbonyl (C=O) groups excluding carboxylic acids is 2. The number of Topliss-reactive ketones (excluding diaryl/α,β-unsaturated/α-hetero) is 1. The van der Waals surface area contributed by atoms with Crippen molar-refractivity contribution in [1.29, 1.82) is 0 Å². The van der Waals surface area contributed by atoms with Gasteiger partial charge in [0.1, 0.15) is 0 Å². The van der Waals surface area contributed by atoms with Crippen LogP contribution in [0.2, 0.25) is 0 Å². The van der Waals surface area contributed by atoms with E-state index in [1.807, 2.05) is 0 Å². The number of ether oxygens (including phenoxy) is 2. The quantitative estimate of drug-likeness (QED) is 0.207. The standard InChI is InChI=1S/C22H32O4/c1-4-5-6-7-8-9-10-11-12-13-14-15-16-20-17-22(25-3,18-21(20)24)26-19(2)23/h7-8,10-11,13-14,17H,4-6,9,12,15-16,18H2,1-3H3. The maximum atomic E-state index is 12.1. The Balaban J connectivity index is 2.29. The molecule has 0 aromatic carbocycles. The van der Waals surface area contributed by atoms with Crippen LogP contribution in [0.3, 0.4) is 0 Å². The van der Waals surface area contributed by atoms with Crippen molar-refractivity contribution in [1.82, 2.24) is 0 Å². The molecule has 0 fully saturated rings. The topological polar surface area (TPSA) is 52.6 Å². The Labute approximate surface area is 157 Å². The van der Waals surface area contributed by atoms with Crippen LogP contribution in [-0.4, -0.2) is 24.6 Å². The molecule has 0 aromatic rings.